The summed E-state index contributed by atoms with van der Waals surface area (Å²) in [6, 6.07) is 0.133. The van der Waals surface area contributed by atoms with Gasteiger partial charge in [0.2, 0.25) is 12.3 Å². The van der Waals surface area contributed by atoms with Gasteiger partial charge in [0.05, 0.1) is 0 Å². The number of hydrogen-bond donors (Lipinski definition) is 1. The van der Waals surface area contributed by atoms with Gasteiger partial charge in [0.1, 0.15) is 6.54 Å². The first kappa shape index (κ1) is 15.1. The minimum absolute atomic E-state index is 0.133. The summed E-state index contributed by atoms with van der Waals surface area (Å²) < 4.78 is 0. The number of nitrogens with zero attached hydrogens (tertiary/aromatic N) is 1. The SMILES string of the molecule is C/C=C\C(=O)N(C=O)CC(=O)NC1CCSSC1. The average molecular weight is 288 g/mol. The average Bonchev–Trinajstić information content (AvgIpc) is 2.37. The molecule has 0 aromatic rings. The van der Waals surface area contributed by atoms with E-state index in [4.69, 9.17) is 0 Å². The molecule has 1 aliphatic heterocycles. The van der Waals surface area contributed by atoms with E-state index in [2.05, 4.69) is 5.32 Å². The van der Waals surface area contributed by atoms with Crippen LogP contribution < -0.4 is 5.32 Å². The van der Waals surface area contributed by atoms with Gasteiger partial charge in [0.15, 0.2) is 0 Å². The van der Waals surface area contributed by atoms with Crippen LogP contribution in [0.3, 0.4) is 0 Å². The molecule has 5 nitrogen and oxygen atoms in total. The first-order valence-electron chi connectivity index (χ1n) is 5.59. The number of carbonyl (C=O) groups excluding carboxylic acids is 3. The molecular weight excluding hydrogens is 272 g/mol. The van der Waals surface area contributed by atoms with E-state index >= 15 is 0 Å². The summed E-state index contributed by atoms with van der Waals surface area (Å²) in [7, 11) is 3.52. The molecule has 0 aliphatic carbocycles. The number of nitrogens with one attached hydrogen (secondary N) is 1. The van der Waals surface area contributed by atoms with Crippen LogP contribution in [0.1, 0.15) is 13.3 Å². The minimum Gasteiger partial charge on any atom is -0.351 e. The Labute approximate surface area is 114 Å². The molecule has 1 heterocycles. The molecule has 0 bridgehead atoms. The first-order chi connectivity index (χ1) is 8.67. The summed E-state index contributed by atoms with van der Waals surface area (Å²) in [5.74, 6) is 1.10. The summed E-state index contributed by atoms with van der Waals surface area (Å²) in [6.45, 7) is 1.46. The van der Waals surface area contributed by atoms with Gasteiger partial charge in [-0.25, -0.2) is 0 Å². The second-order valence-electron chi connectivity index (χ2n) is 3.73. The molecule has 1 fully saturated rings. The van der Waals surface area contributed by atoms with Crippen molar-refractivity contribution in [3.63, 3.8) is 0 Å². The zero-order valence-electron chi connectivity index (χ0n) is 10.1. The molecule has 1 rings (SSSR count). The van der Waals surface area contributed by atoms with E-state index in [0.717, 1.165) is 22.8 Å². The fraction of sp³-hybridized carbons (Fsp3) is 0.545. The quantitative estimate of drug-likeness (QED) is 0.461. The van der Waals surface area contributed by atoms with Crippen molar-refractivity contribution in [2.24, 2.45) is 0 Å². The fourth-order valence-corrected chi connectivity index (χ4v) is 3.84. The van der Waals surface area contributed by atoms with Gasteiger partial charge in [-0.1, -0.05) is 27.7 Å². The van der Waals surface area contributed by atoms with Crippen molar-refractivity contribution >= 4 is 39.8 Å². The van der Waals surface area contributed by atoms with E-state index in [9.17, 15) is 14.4 Å². The van der Waals surface area contributed by atoms with Crippen LogP contribution in [0, 0.1) is 0 Å². The highest BCUT2D eigenvalue weighted by Crippen LogP contribution is 2.29. The number of rotatable bonds is 5. The van der Waals surface area contributed by atoms with Crippen LogP contribution in [0.15, 0.2) is 12.2 Å². The monoisotopic (exact) mass is 288 g/mol. The fourth-order valence-electron chi connectivity index (χ4n) is 1.41. The van der Waals surface area contributed by atoms with Crippen molar-refractivity contribution in [1.29, 1.82) is 0 Å². The summed E-state index contributed by atoms with van der Waals surface area (Å²) >= 11 is 0. The molecule has 7 heteroatoms. The molecule has 1 atom stereocenters. The second-order valence-corrected chi connectivity index (χ2v) is 6.36. The molecule has 0 spiro atoms. The number of allylic oxidation sites excluding steroid dienone is 1. The van der Waals surface area contributed by atoms with Crippen molar-refractivity contribution < 1.29 is 14.4 Å². The lowest BCUT2D eigenvalue weighted by Gasteiger charge is -2.23. The molecule has 0 aromatic carbocycles. The highest BCUT2D eigenvalue weighted by molar-refractivity contribution is 8.76. The van der Waals surface area contributed by atoms with Crippen LogP contribution >= 0.6 is 21.6 Å². The predicted molar refractivity (Wildman–Crippen MR) is 74.1 cm³/mol. The lowest BCUT2D eigenvalue weighted by atomic mass is 10.2. The van der Waals surface area contributed by atoms with Gasteiger partial charge in [0.25, 0.3) is 5.91 Å². The third-order valence-electron chi connectivity index (χ3n) is 2.30. The third-order valence-corrected chi connectivity index (χ3v) is 4.82. The van der Waals surface area contributed by atoms with Crippen molar-refractivity contribution in [3.8, 4) is 0 Å². The molecule has 0 saturated carbocycles. The Balaban J connectivity index is 2.41. The summed E-state index contributed by atoms with van der Waals surface area (Å²) in [5, 5.41) is 2.83. The van der Waals surface area contributed by atoms with E-state index in [1.165, 1.54) is 12.2 Å². The lowest BCUT2D eigenvalue weighted by molar-refractivity contribution is -0.139. The number of carbonyl (C=O) groups is 3. The molecule has 0 radical (unpaired) electrons. The molecule has 0 aromatic heterocycles. The summed E-state index contributed by atoms with van der Waals surface area (Å²) in [5.41, 5.74) is 0. The zero-order chi connectivity index (χ0) is 13.4. The normalized spacial score (nSPS) is 19.5. The van der Waals surface area contributed by atoms with E-state index < -0.39 is 5.91 Å². The molecule has 1 aliphatic rings. The molecule has 18 heavy (non-hydrogen) atoms. The standard InChI is InChI=1S/C11H16N2O3S2/c1-2-3-11(16)13(8-14)6-10(15)12-9-4-5-17-18-7-9/h2-3,8-9H,4-7H2,1H3,(H,12,15)/b3-2-. The maximum absolute atomic E-state index is 11.7. The minimum atomic E-state index is -0.476. The Morgan fingerprint density at radius 3 is 2.78 bits per heavy atom. The van der Waals surface area contributed by atoms with E-state index in [1.807, 2.05) is 0 Å². The van der Waals surface area contributed by atoms with E-state index in [1.54, 1.807) is 28.5 Å². The van der Waals surface area contributed by atoms with E-state index in [-0.39, 0.29) is 18.5 Å². The van der Waals surface area contributed by atoms with Crippen molar-refractivity contribution in [1.82, 2.24) is 10.2 Å². The maximum atomic E-state index is 11.7. The van der Waals surface area contributed by atoms with Gasteiger partial charge >= 0.3 is 0 Å². The van der Waals surface area contributed by atoms with Crippen LogP contribution in [0.2, 0.25) is 0 Å². The molecule has 1 saturated heterocycles. The highest BCUT2D eigenvalue weighted by Gasteiger charge is 2.19. The van der Waals surface area contributed by atoms with Crippen LogP contribution in [0.25, 0.3) is 0 Å². The van der Waals surface area contributed by atoms with Gasteiger partial charge in [-0.3, -0.25) is 19.3 Å². The lowest BCUT2D eigenvalue weighted by Crippen LogP contribution is -2.44. The Bertz CT molecular complexity index is 341. The Morgan fingerprint density at radius 2 is 2.22 bits per heavy atom. The van der Waals surface area contributed by atoms with E-state index in [0.29, 0.717) is 6.41 Å². The topological polar surface area (TPSA) is 66.5 Å². The van der Waals surface area contributed by atoms with Crippen LogP contribution in [0.5, 0.6) is 0 Å². The second kappa shape index (κ2) is 8.20. The largest absolute Gasteiger partial charge is 0.351 e. The number of hydrogen-bond acceptors (Lipinski definition) is 5. The van der Waals surface area contributed by atoms with Gasteiger partial charge in [-0.15, -0.1) is 0 Å². The molecule has 100 valence electrons. The molecule has 1 unspecified atom stereocenters. The van der Waals surface area contributed by atoms with Crippen molar-refractivity contribution in [2.45, 2.75) is 19.4 Å². The van der Waals surface area contributed by atoms with Crippen LogP contribution in [-0.2, 0) is 14.4 Å². The Hall–Kier alpha value is -0.950. The zero-order valence-corrected chi connectivity index (χ0v) is 11.8. The maximum Gasteiger partial charge on any atom is 0.253 e. The Kier molecular flexibility index (Phi) is 6.89. The van der Waals surface area contributed by atoms with Crippen molar-refractivity contribution in [2.75, 3.05) is 18.1 Å². The third kappa shape index (κ3) is 5.14. The molecular formula is C11H16N2O3S2. The smallest absolute Gasteiger partial charge is 0.253 e. The van der Waals surface area contributed by atoms with Crippen LogP contribution in [0.4, 0.5) is 0 Å². The van der Waals surface area contributed by atoms with Crippen molar-refractivity contribution in [3.05, 3.63) is 12.2 Å². The van der Waals surface area contributed by atoms with Gasteiger partial charge in [-0.05, 0) is 19.4 Å². The molecule has 1 N–H and O–H groups in total. The summed E-state index contributed by atoms with van der Waals surface area (Å²) in [4.78, 5) is 34.7. The molecule has 3 amide bonds. The van der Waals surface area contributed by atoms with Gasteiger partial charge in [0, 0.05) is 17.5 Å². The number of imide groups is 1. The first-order valence-corrected chi connectivity index (χ1v) is 8.08. The van der Waals surface area contributed by atoms with Gasteiger partial charge in [-0.2, -0.15) is 0 Å². The van der Waals surface area contributed by atoms with Gasteiger partial charge < -0.3 is 5.32 Å². The summed E-state index contributed by atoms with van der Waals surface area (Å²) in [6.07, 6.45) is 4.10. The predicted octanol–water partition coefficient (Wildman–Crippen LogP) is 0.817. The highest BCUT2D eigenvalue weighted by atomic mass is 33.1. The Morgan fingerprint density at radius 1 is 1.44 bits per heavy atom. The number of amides is 3. The van der Waals surface area contributed by atoms with Crippen LogP contribution in [-0.4, -0.2) is 47.2 Å².